The molecule has 1 aliphatic carbocycles. The number of aliphatic hydroxyl groups excluding tert-OH is 4. The van der Waals surface area contributed by atoms with E-state index < -0.39 is 41.2 Å². The predicted molar refractivity (Wildman–Crippen MR) is 109 cm³/mol. The van der Waals surface area contributed by atoms with E-state index in [9.17, 15) is 30.6 Å². The van der Waals surface area contributed by atoms with Gasteiger partial charge in [-0.2, -0.15) is 0 Å². The summed E-state index contributed by atoms with van der Waals surface area (Å²) in [6, 6.07) is 14.0. The van der Waals surface area contributed by atoms with Crippen LogP contribution in [-0.2, 0) is 5.41 Å². The van der Waals surface area contributed by atoms with Gasteiger partial charge in [-0.3, -0.25) is 0 Å². The molecule has 29 heavy (non-hydrogen) atoms. The van der Waals surface area contributed by atoms with Crippen LogP contribution < -0.4 is 0 Å². The Morgan fingerprint density at radius 1 is 1.07 bits per heavy atom. The maximum atomic E-state index is 11.6. The number of aryl methyl sites for hydroxylation is 1. The molecule has 0 radical (unpaired) electrons. The first kappa shape index (κ1) is 21.5. The fraction of sp³-hybridized carbons (Fsp3) is 0.391. The van der Waals surface area contributed by atoms with Crippen molar-refractivity contribution in [2.45, 2.75) is 49.6 Å². The summed E-state index contributed by atoms with van der Waals surface area (Å²) >= 11 is 0. The van der Waals surface area contributed by atoms with Crippen LogP contribution in [-0.4, -0.2) is 60.7 Å². The van der Waals surface area contributed by atoms with E-state index in [2.05, 4.69) is 0 Å². The van der Waals surface area contributed by atoms with Gasteiger partial charge in [-0.25, -0.2) is 0 Å². The largest absolute Gasteiger partial charge is 0.509 e. The van der Waals surface area contributed by atoms with Crippen molar-refractivity contribution >= 4 is 6.08 Å². The topological polar surface area (TPSA) is 121 Å². The maximum absolute atomic E-state index is 11.6. The molecule has 0 heterocycles. The van der Waals surface area contributed by atoms with Crippen LogP contribution >= 0.6 is 0 Å². The van der Waals surface area contributed by atoms with Gasteiger partial charge in [-0.05, 0) is 49.1 Å². The molecule has 0 saturated heterocycles. The minimum Gasteiger partial charge on any atom is -0.509 e. The van der Waals surface area contributed by atoms with Crippen LogP contribution in [0.2, 0.25) is 0 Å². The van der Waals surface area contributed by atoms with E-state index in [0.29, 0.717) is 11.1 Å². The molecule has 1 saturated carbocycles. The Morgan fingerprint density at radius 3 is 2.28 bits per heavy atom. The Kier molecular flexibility index (Phi) is 5.36. The molecule has 5 atom stereocenters. The van der Waals surface area contributed by atoms with Gasteiger partial charge in [-0.1, -0.05) is 48.5 Å². The summed E-state index contributed by atoms with van der Waals surface area (Å²) in [5, 5.41) is 64.5. The van der Waals surface area contributed by atoms with Crippen LogP contribution in [0.1, 0.15) is 29.2 Å². The lowest BCUT2D eigenvalue weighted by molar-refractivity contribution is -0.349. The van der Waals surface area contributed by atoms with Gasteiger partial charge in [0.15, 0.2) is 5.60 Å². The molecule has 0 aromatic heterocycles. The Morgan fingerprint density at radius 2 is 1.69 bits per heavy atom. The van der Waals surface area contributed by atoms with Crippen LogP contribution in [0.15, 0.2) is 54.3 Å². The third-order valence-corrected chi connectivity index (χ3v) is 6.69. The van der Waals surface area contributed by atoms with E-state index in [4.69, 9.17) is 0 Å². The van der Waals surface area contributed by atoms with Crippen molar-refractivity contribution in [3.05, 3.63) is 76.5 Å². The SMILES string of the molecule is Cc1cccc(C2(C)[C@@](O)([C@H](O)CO)[C@H](O)[C@@]2(O)C(O)=Cc2ccccc2)c1C. The first-order chi connectivity index (χ1) is 13.6. The number of hydrogen-bond acceptors (Lipinski definition) is 6. The quantitative estimate of drug-likeness (QED) is 0.422. The van der Waals surface area contributed by atoms with E-state index in [1.807, 2.05) is 13.0 Å². The zero-order valence-electron chi connectivity index (χ0n) is 16.7. The molecule has 1 aliphatic rings. The summed E-state index contributed by atoms with van der Waals surface area (Å²) in [6.07, 6.45) is -2.37. The second kappa shape index (κ2) is 7.23. The van der Waals surface area contributed by atoms with E-state index in [1.165, 1.54) is 13.0 Å². The van der Waals surface area contributed by atoms with E-state index >= 15 is 0 Å². The molecule has 0 bridgehead atoms. The molecule has 2 aromatic carbocycles. The van der Waals surface area contributed by atoms with Crippen LogP contribution in [0.25, 0.3) is 6.08 Å². The lowest BCUT2D eigenvalue weighted by atomic mass is 9.41. The molecule has 2 aromatic rings. The van der Waals surface area contributed by atoms with Crippen molar-refractivity contribution in [1.82, 2.24) is 0 Å². The standard InChI is InChI=1S/C23H28O6/c1-14-8-7-11-17(15(14)2)21(3)22(28,20(27)23(21,29)19(26)13-24)18(25)12-16-9-5-4-6-10-16/h4-12,19-20,24-29H,13H2,1-3H3/t19-,20-,21?,22+,23-/m1/s1. The smallest absolute Gasteiger partial charge is 0.162 e. The summed E-state index contributed by atoms with van der Waals surface area (Å²) < 4.78 is 0. The van der Waals surface area contributed by atoms with E-state index in [1.54, 1.807) is 49.4 Å². The molecule has 6 nitrogen and oxygen atoms in total. The molecule has 0 spiro atoms. The number of aliphatic hydroxyl groups is 6. The predicted octanol–water partition coefficient (Wildman–Crippen LogP) is 1.35. The molecular weight excluding hydrogens is 372 g/mol. The summed E-state index contributed by atoms with van der Waals surface area (Å²) in [4.78, 5) is 0. The molecular formula is C23H28O6. The number of hydrogen-bond donors (Lipinski definition) is 6. The van der Waals surface area contributed by atoms with Crippen LogP contribution in [0.4, 0.5) is 0 Å². The molecule has 6 heteroatoms. The maximum Gasteiger partial charge on any atom is 0.162 e. The second-order valence-corrected chi connectivity index (χ2v) is 8.01. The van der Waals surface area contributed by atoms with Gasteiger partial charge < -0.3 is 30.6 Å². The zero-order valence-corrected chi connectivity index (χ0v) is 16.7. The van der Waals surface area contributed by atoms with Gasteiger partial charge in [-0.15, -0.1) is 0 Å². The average molecular weight is 400 g/mol. The van der Waals surface area contributed by atoms with Gasteiger partial charge in [0.25, 0.3) is 0 Å². The first-order valence-electron chi connectivity index (χ1n) is 9.51. The normalized spacial score (nSPS) is 33.2. The van der Waals surface area contributed by atoms with Crippen molar-refractivity contribution in [3.8, 4) is 0 Å². The van der Waals surface area contributed by atoms with Crippen LogP contribution in [0.3, 0.4) is 0 Å². The van der Waals surface area contributed by atoms with E-state index in [-0.39, 0.29) is 0 Å². The van der Waals surface area contributed by atoms with Gasteiger partial charge in [0.05, 0.1) is 12.0 Å². The lowest BCUT2D eigenvalue weighted by Gasteiger charge is -2.69. The molecule has 3 rings (SSSR count). The Bertz CT molecular complexity index is 926. The molecule has 0 amide bonds. The van der Waals surface area contributed by atoms with Crippen LogP contribution in [0, 0.1) is 13.8 Å². The summed E-state index contributed by atoms with van der Waals surface area (Å²) in [7, 11) is 0. The summed E-state index contributed by atoms with van der Waals surface area (Å²) in [5.74, 6) is -0.547. The third-order valence-electron chi connectivity index (χ3n) is 6.69. The summed E-state index contributed by atoms with van der Waals surface area (Å²) in [6.45, 7) is 4.30. The van der Waals surface area contributed by atoms with Gasteiger partial charge in [0, 0.05) is 0 Å². The van der Waals surface area contributed by atoms with Crippen molar-refractivity contribution in [3.63, 3.8) is 0 Å². The molecule has 1 unspecified atom stereocenters. The van der Waals surface area contributed by atoms with Crippen molar-refractivity contribution in [1.29, 1.82) is 0 Å². The minimum absolute atomic E-state index is 0.452. The Hall–Kier alpha value is -2.22. The number of rotatable bonds is 5. The fourth-order valence-corrected chi connectivity index (χ4v) is 4.67. The minimum atomic E-state index is -2.30. The fourth-order valence-electron chi connectivity index (χ4n) is 4.67. The highest BCUT2D eigenvalue weighted by Gasteiger charge is 2.82. The van der Waals surface area contributed by atoms with Crippen molar-refractivity contribution in [2.24, 2.45) is 0 Å². The van der Waals surface area contributed by atoms with Gasteiger partial charge >= 0.3 is 0 Å². The third kappa shape index (κ3) is 2.68. The van der Waals surface area contributed by atoms with Gasteiger partial charge in [0.2, 0.25) is 0 Å². The molecule has 156 valence electrons. The van der Waals surface area contributed by atoms with Crippen LogP contribution in [0.5, 0.6) is 0 Å². The number of benzene rings is 2. The highest BCUT2D eigenvalue weighted by atomic mass is 16.4. The highest BCUT2D eigenvalue weighted by molar-refractivity contribution is 5.60. The van der Waals surface area contributed by atoms with Crippen molar-refractivity contribution < 1.29 is 30.6 Å². The lowest BCUT2D eigenvalue weighted by Crippen LogP contribution is -2.89. The van der Waals surface area contributed by atoms with Crippen molar-refractivity contribution in [2.75, 3.05) is 6.61 Å². The second-order valence-electron chi connectivity index (χ2n) is 8.01. The zero-order chi connectivity index (χ0) is 21.6. The Balaban J connectivity index is 2.26. The molecule has 6 N–H and O–H groups in total. The summed E-state index contributed by atoms with van der Waals surface area (Å²) in [5.41, 5.74) is -3.66. The Labute approximate surface area is 170 Å². The molecule has 0 aliphatic heterocycles. The van der Waals surface area contributed by atoms with Gasteiger partial charge in [0.1, 0.15) is 23.6 Å². The van der Waals surface area contributed by atoms with E-state index in [0.717, 1.165) is 11.1 Å². The molecule has 1 fully saturated rings. The monoisotopic (exact) mass is 400 g/mol. The average Bonchev–Trinajstić information content (AvgIpc) is 2.73. The highest BCUT2D eigenvalue weighted by Crippen LogP contribution is 2.62. The first-order valence-corrected chi connectivity index (χ1v) is 9.51.